The second kappa shape index (κ2) is 60.5. The first-order valence-electron chi connectivity index (χ1n) is 35.7. The summed E-state index contributed by atoms with van der Waals surface area (Å²) < 4.78 is 68.2. The van der Waals surface area contributed by atoms with Crippen LogP contribution in [0.15, 0.2) is 24.3 Å². The number of phosphoric acid groups is 2. The third-order valence-corrected chi connectivity index (χ3v) is 17.8. The summed E-state index contributed by atoms with van der Waals surface area (Å²) in [6.45, 7) is 11.7. The summed E-state index contributed by atoms with van der Waals surface area (Å²) in [5.74, 6) is 0.0350. The van der Waals surface area contributed by atoms with Crippen LogP contribution in [0.3, 0.4) is 0 Å². The van der Waals surface area contributed by atoms with Crippen LogP contribution in [0.4, 0.5) is 0 Å². The van der Waals surface area contributed by atoms with Gasteiger partial charge in [-0.05, 0) is 69.1 Å². The fraction of sp³-hybridized carbons (Fsp3) is 0.886. The Morgan fingerprint density at radius 2 is 0.663 bits per heavy atom. The van der Waals surface area contributed by atoms with Crippen LogP contribution in [-0.4, -0.2) is 96.7 Å². The number of carbonyl (C=O) groups excluding carboxylic acids is 4. The lowest BCUT2D eigenvalue weighted by Crippen LogP contribution is -2.30. The average Bonchev–Trinajstić information content (AvgIpc) is 3.67. The summed E-state index contributed by atoms with van der Waals surface area (Å²) in [7, 11) is -9.91. The molecular weight excluding hydrogens is 1170 g/mol. The monoisotopic (exact) mass is 1310 g/mol. The SMILES string of the molecule is CCCCCC/C=C\C=C/CCCCCCCC(=O)O[C@H](COC(=O)CCCCCCCCC(C)CC)COP(=O)(O)OCC(O)COP(=O)(O)OC[C@@H](COC(=O)CCCCCCCCCC(C)C)OC(=O)CCCCCCCCCCCCCC(C)C. The predicted molar refractivity (Wildman–Crippen MR) is 358 cm³/mol. The topological polar surface area (TPSA) is 237 Å². The molecule has 0 rings (SSSR count). The second-order valence-electron chi connectivity index (χ2n) is 25.8. The van der Waals surface area contributed by atoms with Crippen molar-refractivity contribution in [1.82, 2.24) is 0 Å². The number of hydrogen-bond acceptors (Lipinski definition) is 15. The maximum atomic E-state index is 13.0. The highest BCUT2D eigenvalue weighted by atomic mass is 31.2. The molecule has 0 aliphatic carbocycles. The zero-order valence-corrected chi connectivity index (χ0v) is 59.2. The van der Waals surface area contributed by atoms with Crippen molar-refractivity contribution in [3.05, 3.63) is 24.3 Å². The van der Waals surface area contributed by atoms with Crippen molar-refractivity contribution < 1.29 is 80.2 Å². The van der Waals surface area contributed by atoms with E-state index in [0.29, 0.717) is 31.6 Å². The zero-order chi connectivity index (χ0) is 65.9. The molecule has 524 valence electrons. The van der Waals surface area contributed by atoms with E-state index in [-0.39, 0.29) is 25.7 Å². The van der Waals surface area contributed by atoms with Gasteiger partial charge in [-0.3, -0.25) is 37.3 Å². The summed E-state index contributed by atoms with van der Waals surface area (Å²) in [4.78, 5) is 72.5. The summed E-state index contributed by atoms with van der Waals surface area (Å²) in [5, 5.41) is 10.6. The van der Waals surface area contributed by atoms with Crippen molar-refractivity contribution in [3.8, 4) is 0 Å². The molecule has 0 fully saturated rings. The Labute approximate surface area is 542 Å². The molecule has 0 aromatic rings. The Hall–Kier alpha value is -2.46. The number of phosphoric ester groups is 2. The fourth-order valence-electron chi connectivity index (χ4n) is 9.97. The molecule has 4 unspecified atom stereocenters. The fourth-order valence-corrected chi connectivity index (χ4v) is 11.5. The molecule has 0 aromatic heterocycles. The van der Waals surface area contributed by atoms with Gasteiger partial charge in [-0.2, -0.15) is 0 Å². The van der Waals surface area contributed by atoms with Crippen molar-refractivity contribution in [2.24, 2.45) is 17.8 Å². The molecule has 17 nitrogen and oxygen atoms in total. The molecule has 0 saturated carbocycles. The van der Waals surface area contributed by atoms with Crippen LogP contribution in [-0.2, 0) is 65.4 Å². The van der Waals surface area contributed by atoms with E-state index in [0.717, 1.165) is 127 Å². The Morgan fingerprint density at radius 1 is 0.371 bits per heavy atom. The molecule has 6 atom stereocenters. The van der Waals surface area contributed by atoms with Crippen LogP contribution in [0.2, 0.25) is 0 Å². The molecule has 0 heterocycles. The van der Waals surface area contributed by atoms with E-state index in [2.05, 4.69) is 72.8 Å². The summed E-state index contributed by atoms with van der Waals surface area (Å²) in [5.41, 5.74) is 0. The average molecular weight is 1310 g/mol. The molecule has 89 heavy (non-hydrogen) atoms. The van der Waals surface area contributed by atoms with E-state index in [1.807, 2.05) is 0 Å². The van der Waals surface area contributed by atoms with E-state index < -0.39 is 97.5 Å². The minimum atomic E-state index is -4.96. The van der Waals surface area contributed by atoms with Gasteiger partial charge < -0.3 is 33.8 Å². The quantitative estimate of drug-likeness (QED) is 0.0169. The summed E-state index contributed by atoms with van der Waals surface area (Å²) in [6.07, 6.45) is 46.7. The molecule has 0 amide bonds. The van der Waals surface area contributed by atoms with Crippen molar-refractivity contribution in [1.29, 1.82) is 0 Å². The van der Waals surface area contributed by atoms with Crippen LogP contribution in [0.1, 0.15) is 325 Å². The third kappa shape index (κ3) is 62.7. The van der Waals surface area contributed by atoms with E-state index in [1.165, 1.54) is 109 Å². The van der Waals surface area contributed by atoms with Gasteiger partial charge in [0.25, 0.3) is 0 Å². The van der Waals surface area contributed by atoms with E-state index in [4.69, 9.17) is 37.0 Å². The number of unbranched alkanes of at least 4 members (excludes halogenated alkanes) is 30. The maximum Gasteiger partial charge on any atom is 0.472 e. The minimum absolute atomic E-state index is 0.0836. The number of hydrogen-bond donors (Lipinski definition) is 3. The number of ether oxygens (including phenoxy) is 4. The first-order valence-corrected chi connectivity index (χ1v) is 38.7. The van der Waals surface area contributed by atoms with Gasteiger partial charge >= 0.3 is 39.5 Å². The maximum absolute atomic E-state index is 13.0. The van der Waals surface area contributed by atoms with E-state index in [1.54, 1.807) is 0 Å². The van der Waals surface area contributed by atoms with Gasteiger partial charge in [-0.25, -0.2) is 9.13 Å². The lowest BCUT2D eigenvalue weighted by atomic mass is 10.00. The van der Waals surface area contributed by atoms with Crippen LogP contribution in [0.5, 0.6) is 0 Å². The zero-order valence-electron chi connectivity index (χ0n) is 57.4. The number of carbonyl (C=O) groups is 4. The molecular formula is C70H132O17P2. The van der Waals surface area contributed by atoms with Gasteiger partial charge in [0, 0.05) is 25.7 Å². The lowest BCUT2D eigenvalue weighted by Gasteiger charge is -2.21. The highest BCUT2D eigenvalue weighted by molar-refractivity contribution is 7.47. The predicted octanol–water partition coefficient (Wildman–Crippen LogP) is 19.4. The van der Waals surface area contributed by atoms with Crippen LogP contribution in [0.25, 0.3) is 0 Å². The van der Waals surface area contributed by atoms with Crippen LogP contribution in [0, 0.1) is 17.8 Å². The van der Waals surface area contributed by atoms with Crippen molar-refractivity contribution in [2.45, 2.75) is 343 Å². The first-order chi connectivity index (χ1) is 42.8. The standard InChI is InChI=1S/C70H132O17P2/c1-8-10-11-12-13-14-15-16-17-18-21-24-29-39-46-53-69(74)87-66(58-81-68(73)52-45-38-33-32-36-43-50-63(7)9-2)60-85-89(78,79)83-56-64(71)55-82-88(76,77)84-59-65(57-80-67(72)51-44-37-31-26-28-35-42-49-62(5)6)86-70(75)54-47-40-30-25-22-19-20-23-27-34-41-48-61(3)4/h14-17,61-66,71H,8-13,18-60H2,1-7H3,(H,76,77)(H,78,79)/b15-14-,17-16-/t63?,64?,65-,66-/m1/s1. The van der Waals surface area contributed by atoms with Crippen molar-refractivity contribution in [2.75, 3.05) is 39.6 Å². The van der Waals surface area contributed by atoms with Crippen LogP contribution >= 0.6 is 15.6 Å². The third-order valence-electron chi connectivity index (χ3n) is 15.9. The number of esters is 4. The molecule has 0 aromatic carbocycles. The summed E-state index contributed by atoms with van der Waals surface area (Å²) >= 11 is 0. The first kappa shape index (κ1) is 86.5. The molecule has 0 radical (unpaired) electrons. The molecule has 0 saturated heterocycles. The van der Waals surface area contributed by atoms with Gasteiger partial charge in [-0.1, -0.05) is 272 Å². The van der Waals surface area contributed by atoms with Crippen molar-refractivity contribution >= 4 is 39.5 Å². The molecule has 3 N–H and O–H groups in total. The number of aliphatic hydroxyl groups excluding tert-OH is 1. The Bertz CT molecular complexity index is 1840. The number of aliphatic hydroxyl groups is 1. The second-order valence-corrected chi connectivity index (χ2v) is 28.7. The molecule has 0 bridgehead atoms. The van der Waals surface area contributed by atoms with E-state index >= 15 is 0 Å². The van der Waals surface area contributed by atoms with Gasteiger partial charge in [0.05, 0.1) is 26.4 Å². The smallest absolute Gasteiger partial charge is 0.462 e. The molecule has 19 heteroatoms. The normalized spacial score (nSPS) is 14.7. The minimum Gasteiger partial charge on any atom is -0.462 e. The van der Waals surface area contributed by atoms with Gasteiger partial charge in [0.1, 0.15) is 19.3 Å². The number of rotatable bonds is 66. The van der Waals surface area contributed by atoms with Gasteiger partial charge in [0.15, 0.2) is 12.2 Å². The van der Waals surface area contributed by atoms with Gasteiger partial charge in [0.2, 0.25) is 0 Å². The summed E-state index contributed by atoms with van der Waals surface area (Å²) in [6, 6.07) is 0. The number of allylic oxidation sites excluding steroid dienone is 4. The molecule has 0 aliphatic rings. The molecule has 0 aliphatic heterocycles. The Morgan fingerprint density at radius 3 is 1.00 bits per heavy atom. The highest BCUT2D eigenvalue weighted by Gasteiger charge is 2.30. The highest BCUT2D eigenvalue weighted by Crippen LogP contribution is 2.45. The largest absolute Gasteiger partial charge is 0.472 e. The molecule has 0 spiro atoms. The van der Waals surface area contributed by atoms with Crippen LogP contribution < -0.4 is 0 Å². The van der Waals surface area contributed by atoms with Gasteiger partial charge in [-0.15, -0.1) is 0 Å². The Kier molecular flexibility index (Phi) is 58.8. The van der Waals surface area contributed by atoms with E-state index in [9.17, 15) is 43.2 Å². The lowest BCUT2D eigenvalue weighted by molar-refractivity contribution is -0.161. The van der Waals surface area contributed by atoms with Crippen molar-refractivity contribution in [3.63, 3.8) is 0 Å². The Balaban J connectivity index is 5.29.